The molecule has 9 nitrogen and oxygen atoms in total. The summed E-state index contributed by atoms with van der Waals surface area (Å²) in [5.74, 6) is 0.148. The van der Waals surface area contributed by atoms with Crippen molar-refractivity contribution in [2.24, 2.45) is 12.5 Å². The number of nitro benzene ring substituents is 1. The first-order valence-electron chi connectivity index (χ1n) is 9.01. The molecule has 0 saturated carbocycles. The minimum Gasteiger partial charge on any atom is -0.368 e. The van der Waals surface area contributed by atoms with E-state index in [4.69, 9.17) is 0 Å². The normalized spacial score (nSPS) is 15.0. The minimum atomic E-state index is -0.393. The number of amides is 1. The van der Waals surface area contributed by atoms with Crippen LogP contribution >= 0.6 is 11.8 Å². The number of anilines is 1. The van der Waals surface area contributed by atoms with Gasteiger partial charge in [0.2, 0.25) is 5.91 Å². The van der Waals surface area contributed by atoms with Gasteiger partial charge in [-0.05, 0) is 23.9 Å². The number of benzene rings is 1. The molecule has 0 N–H and O–H groups in total. The van der Waals surface area contributed by atoms with Crippen molar-refractivity contribution >= 4 is 29.0 Å². The molecule has 1 aliphatic rings. The molecule has 1 aliphatic heterocycles. The van der Waals surface area contributed by atoms with E-state index in [2.05, 4.69) is 15.1 Å². The third-order valence-corrected chi connectivity index (χ3v) is 5.68. The first kappa shape index (κ1) is 20.1. The largest absolute Gasteiger partial charge is 0.368 e. The Morgan fingerprint density at radius 2 is 1.89 bits per heavy atom. The fraction of sp³-hybridized carbons (Fsp3) is 0.500. The standard InChI is InChI=1S/C18H24N6O3S/c1-18(2,3)16(25)23-9-7-22(8-10-23)13-5-6-14(24(26)27)15(11-13)28-17-20-19-12-21(17)4/h5-6,11-12H,7-10H2,1-4H3. The molecule has 2 heterocycles. The Balaban J connectivity index is 1.78. The summed E-state index contributed by atoms with van der Waals surface area (Å²) >= 11 is 1.22. The Morgan fingerprint density at radius 3 is 2.43 bits per heavy atom. The Bertz CT molecular complexity index is 884. The molecule has 0 bridgehead atoms. The van der Waals surface area contributed by atoms with Crippen LogP contribution in [0.25, 0.3) is 0 Å². The molecule has 1 fully saturated rings. The summed E-state index contributed by atoms with van der Waals surface area (Å²) in [5.41, 5.74) is 0.548. The number of aryl methyl sites for hydroxylation is 1. The quantitative estimate of drug-likeness (QED) is 0.570. The van der Waals surface area contributed by atoms with E-state index in [0.29, 0.717) is 36.2 Å². The topological polar surface area (TPSA) is 97.4 Å². The molecule has 0 aliphatic carbocycles. The number of rotatable bonds is 4. The van der Waals surface area contributed by atoms with Gasteiger partial charge in [-0.1, -0.05) is 20.8 Å². The van der Waals surface area contributed by atoms with Crippen molar-refractivity contribution in [3.8, 4) is 0 Å². The van der Waals surface area contributed by atoms with Crippen LogP contribution in [0.2, 0.25) is 0 Å². The van der Waals surface area contributed by atoms with Gasteiger partial charge in [-0.2, -0.15) is 0 Å². The molecule has 1 aromatic carbocycles. The van der Waals surface area contributed by atoms with Gasteiger partial charge in [0.15, 0.2) is 5.16 Å². The molecule has 3 rings (SSSR count). The van der Waals surface area contributed by atoms with Crippen molar-refractivity contribution in [3.05, 3.63) is 34.6 Å². The molecular formula is C18H24N6O3S. The van der Waals surface area contributed by atoms with Crippen LogP contribution in [0.4, 0.5) is 11.4 Å². The van der Waals surface area contributed by atoms with Crippen LogP contribution in [0.5, 0.6) is 0 Å². The van der Waals surface area contributed by atoms with E-state index in [1.807, 2.05) is 31.7 Å². The lowest BCUT2D eigenvalue weighted by molar-refractivity contribution is -0.387. The maximum atomic E-state index is 12.5. The highest BCUT2D eigenvalue weighted by atomic mass is 32.2. The lowest BCUT2D eigenvalue weighted by Gasteiger charge is -2.38. The molecule has 150 valence electrons. The van der Waals surface area contributed by atoms with E-state index >= 15 is 0 Å². The average Bonchev–Trinajstić information content (AvgIpc) is 3.05. The van der Waals surface area contributed by atoms with Gasteiger partial charge in [0.05, 0.1) is 9.82 Å². The third kappa shape index (κ3) is 4.27. The van der Waals surface area contributed by atoms with Crippen LogP contribution in [0.1, 0.15) is 20.8 Å². The number of hydrogen-bond donors (Lipinski definition) is 0. The van der Waals surface area contributed by atoms with Crippen molar-refractivity contribution in [3.63, 3.8) is 0 Å². The summed E-state index contributed by atoms with van der Waals surface area (Å²) in [6, 6.07) is 5.11. The average molecular weight is 404 g/mol. The third-order valence-electron chi connectivity index (χ3n) is 4.58. The fourth-order valence-electron chi connectivity index (χ4n) is 3.04. The summed E-state index contributed by atoms with van der Waals surface area (Å²) in [6.45, 7) is 8.43. The number of nitrogens with zero attached hydrogens (tertiary/aromatic N) is 6. The van der Waals surface area contributed by atoms with Gasteiger partial charge in [-0.3, -0.25) is 14.9 Å². The number of carbonyl (C=O) groups excluding carboxylic acids is 1. The first-order chi connectivity index (χ1) is 13.2. The van der Waals surface area contributed by atoms with Gasteiger partial charge in [0.1, 0.15) is 6.33 Å². The molecule has 0 atom stereocenters. The van der Waals surface area contributed by atoms with E-state index in [1.54, 1.807) is 24.0 Å². The Morgan fingerprint density at radius 1 is 1.21 bits per heavy atom. The zero-order valence-electron chi connectivity index (χ0n) is 16.5. The number of nitro groups is 1. The molecule has 2 aromatic rings. The Labute approximate surface area is 167 Å². The summed E-state index contributed by atoms with van der Waals surface area (Å²) in [6.07, 6.45) is 1.56. The maximum Gasteiger partial charge on any atom is 0.283 e. The van der Waals surface area contributed by atoms with Crippen LogP contribution in [-0.4, -0.2) is 56.7 Å². The first-order valence-corrected chi connectivity index (χ1v) is 9.83. The van der Waals surface area contributed by atoms with Gasteiger partial charge in [-0.25, -0.2) is 0 Å². The summed E-state index contributed by atoms with van der Waals surface area (Å²) < 4.78 is 1.72. The highest BCUT2D eigenvalue weighted by molar-refractivity contribution is 7.99. The van der Waals surface area contributed by atoms with Crippen molar-refractivity contribution in [1.29, 1.82) is 0 Å². The highest BCUT2D eigenvalue weighted by Gasteiger charge is 2.30. The van der Waals surface area contributed by atoms with E-state index < -0.39 is 5.41 Å². The predicted molar refractivity (Wildman–Crippen MR) is 106 cm³/mol. The Hall–Kier alpha value is -2.62. The van der Waals surface area contributed by atoms with Crippen molar-refractivity contribution in [1.82, 2.24) is 19.7 Å². The van der Waals surface area contributed by atoms with E-state index in [1.165, 1.54) is 17.8 Å². The van der Waals surface area contributed by atoms with Gasteiger partial charge in [0, 0.05) is 50.4 Å². The lowest BCUT2D eigenvalue weighted by Crippen LogP contribution is -2.51. The SMILES string of the molecule is Cn1cnnc1Sc1cc(N2CCN(C(=O)C(C)(C)C)CC2)ccc1[N+](=O)[O-]. The number of piperazine rings is 1. The monoisotopic (exact) mass is 404 g/mol. The van der Waals surface area contributed by atoms with Crippen LogP contribution < -0.4 is 4.90 Å². The van der Waals surface area contributed by atoms with Crippen LogP contribution in [0.3, 0.4) is 0 Å². The van der Waals surface area contributed by atoms with E-state index in [-0.39, 0.29) is 16.5 Å². The summed E-state index contributed by atoms with van der Waals surface area (Å²) in [4.78, 5) is 28.1. The van der Waals surface area contributed by atoms with E-state index in [9.17, 15) is 14.9 Å². The highest BCUT2D eigenvalue weighted by Crippen LogP contribution is 2.36. The molecule has 1 saturated heterocycles. The van der Waals surface area contributed by atoms with Gasteiger partial charge < -0.3 is 14.4 Å². The molecule has 0 radical (unpaired) electrons. The van der Waals surface area contributed by atoms with Crippen molar-refractivity contribution < 1.29 is 9.72 Å². The van der Waals surface area contributed by atoms with Crippen LogP contribution in [0, 0.1) is 15.5 Å². The molecule has 1 aromatic heterocycles. The van der Waals surface area contributed by atoms with Crippen molar-refractivity contribution in [2.75, 3.05) is 31.1 Å². The van der Waals surface area contributed by atoms with Crippen molar-refractivity contribution in [2.45, 2.75) is 30.8 Å². The zero-order chi connectivity index (χ0) is 20.5. The maximum absolute atomic E-state index is 12.5. The molecular weight excluding hydrogens is 380 g/mol. The number of carbonyl (C=O) groups is 1. The predicted octanol–water partition coefficient (Wildman–Crippen LogP) is 2.57. The molecule has 0 unspecified atom stereocenters. The summed E-state index contributed by atoms with van der Waals surface area (Å²) in [7, 11) is 1.80. The molecule has 28 heavy (non-hydrogen) atoms. The van der Waals surface area contributed by atoms with Gasteiger partial charge >= 0.3 is 0 Å². The lowest BCUT2D eigenvalue weighted by atomic mass is 9.94. The molecule has 1 amide bonds. The second kappa shape index (κ2) is 7.78. The van der Waals surface area contributed by atoms with Crippen LogP contribution in [0.15, 0.2) is 34.6 Å². The van der Waals surface area contributed by atoms with Gasteiger partial charge in [0.25, 0.3) is 5.69 Å². The second-order valence-electron chi connectivity index (χ2n) is 7.76. The fourth-order valence-corrected chi connectivity index (χ4v) is 3.94. The van der Waals surface area contributed by atoms with Gasteiger partial charge in [-0.15, -0.1) is 10.2 Å². The van der Waals surface area contributed by atoms with Crippen LogP contribution in [-0.2, 0) is 11.8 Å². The smallest absolute Gasteiger partial charge is 0.283 e. The second-order valence-corrected chi connectivity index (χ2v) is 8.77. The van der Waals surface area contributed by atoms with E-state index in [0.717, 1.165) is 5.69 Å². The summed E-state index contributed by atoms with van der Waals surface area (Å²) in [5, 5.41) is 19.8. The number of hydrogen-bond acceptors (Lipinski definition) is 7. The molecule has 10 heteroatoms. The Kier molecular flexibility index (Phi) is 5.59. The molecule has 0 spiro atoms. The number of aromatic nitrogens is 3. The zero-order valence-corrected chi connectivity index (χ0v) is 17.3. The minimum absolute atomic E-state index is 0.0401.